The molecule has 0 aliphatic carbocycles. The van der Waals surface area contributed by atoms with Gasteiger partial charge < -0.3 is 5.32 Å². The van der Waals surface area contributed by atoms with Gasteiger partial charge in [0.25, 0.3) is 0 Å². The lowest BCUT2D eigenvalue weighted by atomic mass is 9.96. The van der Waals surface area contributed by atoms with Gasteiger partial charge in [-0.3, -0.25) is 9.69 Å². The van der Waals surface area contributed by atoms with E-state index < -0.39 is 0 Å². The maximum absolute atomic E-state index is 12.1. The van der Waals surface area contributed by atoms with Crippen molar-refractivity contribution in [1.82, 2.24) is 10.2 Å². The molecule has 4 heteroatoms. The molecule has 1 unspecified atom stereocenters. The van der Waals surface area contributed by atoms with E-state index >= 15 is 0 Å². The van der Waals surface area contributed by atoms with Crippen LogP contribution in [0, 0.1) is 5.92 Å². The summed E-state index contributed by atoms with van der Waals surface area (Å²) in [5.41, 5.74) is 1.31. The van der Waals surface area contributed by atoms with Gasteiger partial charge in [-0.05, 0) is 43.5 Å². The average molecular weight is 339 g/mol. The number of nitrogens with one attached hydrogen (secondary N) is 1. The van der Waals surface area contributed by atoms with Crippen LogP contribution in [0.2, 0.25) is 0 Å². The topological polar surface area (TPSA) is 32.3 Å². The Bertz CT molecular complexity index is 433. The minimum Gasteiger partial charge on any atom is -0.356 e. The van der Waals surface area contributed by atoms with Crippen LogP contribution in [0.5, 0.6) is 0 Å². The summed E-state index contributed by atoms with van der Waals surface area (Å²) >= 11 is 3.46. The van der Waals surface area contributed by atoms with Gasteiger partial charge in [0.2, 0.25) is 5.91 Å². The molecule has 2 rings (SSSR count). The number of hydrogen-bond donors (Lipinski definition) is 1. The minimum atomic E-state index is 0.158. The van der Waals surface area contributed by atoms with Crippen LogP contribution >= 0.6 is 15.9 Å². The summed E-state index contributed by atoms with van der Waals surface area (Å²) in [6, 6.07) is 8.44. The van der Waals surface area contributed by atoms with E-state index in [9.17, 15) is 4.79 Å². The predicted molar refractivity (Wildman–Crippen MR) is 85.4 cm³/mol. The molecule has 1 aliphatic rings. The van der Waals surface area contributed by atoms with Crippen molar-refractivity contribution in [1.29, 1.82) is 0 Å². The van der Waals surface area contributed by atoms with Crippen LogP contribution in [0.1, 0.15) is 31.7 Å². The lowest BCUT2D eigenvalue weighted by Crippen LogP contribution is -2.42. The van der Waals surface area contributed by atoms with Crippen molar-refractivity contribution in [2.24, 2.45) is 5.92 Å². The van der Waals surface area contributed by atoms with Crippen molar-refractivity contribution in [2.45, 2.75) is 32.7 Å². The quantitative estimate of drug-likeness (QED) is 0.894. The Labute approximate surface area is 129 Å². The molecule has 1 heterocycles. The fourth-order valence-corrected chi connectivity index (χ4v) is 2.92. The molecule has 0 radical (unpaired) electrons. The number of likely N-dealkylation sites (tertiary alicyclic amines) is 1. The van der Waals surface area contributed by atoms with Gasteiger partial charge in [-0.25, -0.2) is 0 Å². The number of carbonyl (C=O) groups is 1. The summed E-state index contributed by atoms with van der Waals surface area (Å²) in [5, 5.41) is 3.02. The van der Waals surface area contributed by atoms with Gasteiger partial charge in [-0.2, -0.15) is 0 Å². The number of amides is 1. The molecule has 1 N–H and O–H groups in total. The molecule has 0 saturated carbocycles. The van der Waals surface area contributed by atoms with Gasteiger partial charge >= 0.3 is 0 Å². The molecule has 0 spiro atoms. The summed E-state index contributed by atoms with van der Waals surface area (Å²) in [6.07, 6.45) is 3.13. The highest BCUT2D eigenvalue weighted by molar-refractivity contribution is 9.10. The van der Waals surface area contributed by atoms with Crippen molar-refractivity contribution >= 4 is 21.8 Å². The zero-order valence-corrected chi connectivity index (χ0v) is 13.7. The molecule has 1 saturated heterocycles. The van der Waals surface area contributed by atoms with E-state index in [0.717, 1.165) is 49.9 Å². The highest BCUT2D eigenvalue weighted by Gasteiger charge is 2.25. The second-order valence-electron chi connectivity index (χ2n) is 5.49. The molecule has 1 aliphatic heterocycles. The van der Waals surface area contributed by atoms with Crippen LogP contribution in [0.4, 0.5) is 0 Å². The van der Waals surface area contributed by atoms with E-state index in [1.807, 2.05) is 0 Å². The van der Waals surface area contributed by atoms with Crippen LogP contribution in [-0.4, -0.2) is 30.4 Å². The third kappa shape index (κ3) is 4.60. The summed E-state index contributed by atoms with van der Waals surface area (Å²) < 4.78 is 1.11. The first-order chi connectivity index (χ1) is 9.69. The summed E-state index contributed by atoms with van der Waals surface area (Å²) in [5.74, 6) is 0.387. The molecule has 0 bridgehead atoms. The fraction of sp³-hybridized carbons (Fsp3) is 0.562. The molecule has 3 nitrogen and oxygen atoms in total. The molecular weight excluding hydrogens is 316 g/mol. The Morgan fingerprint density at radius 3 is 2.85 bits per heavy atom. The van der Waals surface area contributed by atoms with Crippen molar-refractivity contribution in [3.8, 4) is 0 Å². The predicted octanol–water partition coefficient (Wildman–Crippen LogP) is 3.19. The Kier molecular flexibility index (Phi) is 6.05. The fourth-order valence-electron chi connectivity index (χ4n) is 2.65. The second-order valence-corrected chi connectivity index (χ2v) is 6.41. The maximum atomic E-state index is 12.1. The van der Waals surface area contributed by atoms with Crippen LogP contribution in [0.3, 0.4) is 0 Å². The van der Waals surface area contributed by atoms with Crippen LogP contribution in [-0.2, 0) is 11.3 Å². The third-order valence-electron chi connectivity index (χ3n) is 3.74. The van der Waals surface area contributed by atoms with E-state index in [1.54, 1.807) is 0 Å². The Balaban J connectivity index is 1.86. The zero-order chi connectivity index (χ0) is 14.4. The van der Waals surface area contributed by atoms with Crippen molar-refractivity contribution in [3.05, 3.63) is 34.3 Å². The monoisotopic (exact) mass is 338 g/mol. The Hall–Kier alpha value is -0.870. The highest BCUT2D eigenvalue weighted by Crippen LogP contribution is 2.19. The first kappa shape index (κ1) is 15.5. The summed E-state index contributed by atoms with van der Waals surface area (Å²) in [6.45, 7) is 5.78. The van der Waals surface area contributed by atoms with Gasteiger partial charge in [0, 0.05) is 24.1 Å². The summed E-state index contributed by atoms with van der Waals surface area (Å²) in [4.78, 5) is 14.4. The van der Waals surface area contributed by atoms with Crippen molar-refractivity contribution < 1.29 is 4.79 Å². The molecule has 1 amide bonds. The van der Waals surface area contributed by atoms with Crippen molar-refractivity contribution in [3.63, 3.8) is 0 Å². The molecule has 1 aromatic carbocycles. The van der Waals surface area contributed by atoms with E-state index in [1.165, 1.54) is 5.56 Å². The number of rotatable bonds is 5. The standard InChI is InChI=1S/C16H23BrN2O/c1-2-9-18-16(20)14-4-3-10-19(12-14)11-13-5-7-15(17)8-6-13/h5-8,14H,2-4,9-12H2,1H3,(H,18,20). The number of benzene rings is 1. The normalized spacial score (nSPS) is 19.8. The van der Waals surface area contributed by atoms with E-state index in [2.05, 4.69) is 57.3 Å². The smallest absolute Gasteiger partial charge is 0.224 e. The largest absolute Gasteiger partial charge is 0.356 e. The number of carbonyl (C=O) groups excluding carboxylic acids is 1. The Morgan fingerprint density at radius 2 is 2.15 bits per heavy atom. The molecule has 1 fully saturated rings. The van der Waals surface area contributed by atoms with Crippen LogP contribution in [0.15, 0.2) is 28.7 Å². The number of piperidine rings is 1. The van der Waals surface area contributed by atoms with E-state index in [-0.39, 0.29) is 11.8 Å². The van der Waals surface area contributed by atoms with Crippen LogP contribution < -0.4 is 5.32 Å². The maximum Gasteiger partial charge on any atom is 0.224 e. The van der Waals surface area contributed by atoms with Gasteiger partial charge in [-0.1, -0.05) is 35.0 Å². The van der Waals surface area contributed by atoms with E-state index in [0.29, 0.717) is 0 Å². The number of halogens is 1. The average Bonchev–Trinajstić information content (AvgIpc) is 2.47. The van der Waals surface area contributed by atoms with Gasteiger partial charge in [0.05, 0.1) is 5.92 Å². The van der Waals surface area contributed by atoms with Gasteiger partial charge in [0.1, 0.15) is 0 Å². The molecule has 1 atom stereocenters. The zero-order valence-electron chi connectivity index (χ0n) is 12.1. The first-order valence-corrected chi connectivity index (χ1v) is 8.23. The molecule has 110 valence electrons. The number of hydrogen-bond acceptors (Lipinski definition) is 2. The van der Waals surface area contributed by atoms with E-state index in [4.69, 9.17) is 0 Å². The highest BCUT2D eigenvalue weighted by atomic mass is 79.9. The first-order valence-electron chi connectivity index (χ1n) is 7.43. The molecule has 20 heavy (non-hydrogen) atoms. The number of nitrogens with zero attached hydrogens (tertiary/aromatic N) is 1. The molecule has 1 aromatic rings. The SMILES string of the molecule is CCCNC(=O)C1CCCN(Cc2ccc(Br)cc2)C1. The van der Waals surface area contributed by atoms with Gasteiger partial charge in [-0.15, -0.1) is 0 Å². The molecule has 0 aromatic heterocycles. The second kappa shape index (κ2) is 7.79. The third-order valence-corrected chi connectivity index (χ3v) is 4.27. The van der Waals surface area contributed by atoms with Crippen LogP contribution in [0.25, 0.3) is 0 Å². The van der Waals surface area contributed by atoms with Crippen molar-refractivity contribution in [2.75, 3.05) is 19.6 Å². The minimum absolute atomic E-state index is 0.158. The lowest BCUT2D eigenvalue weighted by molar-refractivity contribution is -0.126. The lowest BCUT2D eigenvalue weighted by Gasteiger charge is -2.32. The van der Waals surface area contributed by atoms with Gasteiger partial charge in [0.15, 0.2) is 0 Å². The summed E-state index contributed by atoms with van der Waals surface area (Å²) in [7, 11) is 0. The molecular formula is C16H23BrN2O. The Morgan fingerprint density at radius 1 is 1.40 bits per heavy atom.